The number of amides is 1. The third kappa shape index (κ3) is 2.14. The van der Waals surface area contributed by atoms with Crippen LogP contribution in [0.2, 0.25) is 0 Å². The van der Waals surface area contributed by atoms with Gasteiger partial charge >= 0.3 is 0 Å². The van der Waals surface area contributed by atoms with Crippen molar-refractivity contribution in [3.05, 3.63) is 35.5 Å². The number of rotatable bonds is 3. The highest BCUT2D eigenvalue weighted by molar-refractivity contribution is 6.07. The van der Waals surface area contributed by atoms with Gasteiger partial charge in [-0.1, -0.05) is 11.6 Å². The molecule has 0 aliphatic rings. The number of likely N-dealkylation sites (N-methyl/N-ethyl adjacent to an activating group) is 1. The van der Waals surface area contributed by atoms with Crippen LogP contribution in [-0.2, 0) is 11.3 Å². The minimum atomic E-state index is -0.0809. The number of hydrogen-bond donors (Lipinski definition) is 1. The fourth-order valence-corrected chi connectivity index (χ4v) is 2.06. The molecule has 1 aromatic heterocycles. The maximum Gasteiger partial charge on any atom is 0.239 e. The maximum absolute atomic E-state index is 11.6. The Labute approximate surface area is 106 Å². The van der Waals surface area contributed by atoms with Crippen molar-refractivity contribution >= 4 is 22.6 Å². The van der Waals surface area contributed by atoms with Crippen LogP contribution in [0.25, 0.3) is 10.9 Å². The molecule has 1 amide bonds. The maximum atomic E-state index is 11.6. The number of fused-ring (bicyclic) bond motifs is 1. The van der Waals surface area contributed by atoms with Crippen LogP contribution in [0, 0.1) is 6.92 Å². The highest BCUT2D eigenvalue weighted by atomic mass is 16.1. The highest BCUT2D eigenvalue weighted by Crippen LogP contribution is 2.23. The van der Waals surface area contributed by atoms with Crippen molar-refractivity contribution in [1.82, 2.24) is 9.88 Å². The molecule has 18 heavy (non-hydrogen) atoms. The number of benzene rings is 1. The average molecular weight is 244 g/mol. The van der Waals surface area contributed by atoms with E-state index in [0.717, 1.165) is 16.5 Å². The van der Waals surface area contributed by atoms with E-state index in [0.29, 0.717) is 5.56 Å². The van der Waals surface area contributed by atoms with Crippen LogP contribution in [0.3, 0.4) is 0 Å². The van der Waals surface area contributed by atoms with Crippen LogP contribution < -0.4 is 5.32 Å². The first-order valence-corrected chi connectivity index (χ1v) is 5.84. The van der Waals surface area contributed by atoms with E-state index in [9.17, 15) is 9.59 Å². The predicted molar refractivity (Wildman–Crippen MR) is 70.7 cm³/mol. The summed E-state index contributed by atoms with van der Waals surface area (Å²) in [5.74, 6) is -0.0659. The SMILES string of the molecule is CNC(=O)Cn1cc(C(C)=O)c2cc(C)ccc21. The molecule has 0 aliphatic heterocycles. The molecule has 0 atom stereocenters. The molecule has 1 heterocycles. The summed E-state index contributed by atoms with van der Waals surface area (Å²) in [5, 5.41) is 3.49. The Morgan fingerprint density at radius 1 is 1.33 bits per heavy atom. The second kappa shape index (κ2) is 4.64. The van der Waals surface area contributed by atoms with Crippen LogP contribution in [0.4, 0.5) is 0 Å². The van der Waals surface area contributed by atoms with Crippen LogP contribution in [0.5, 0.6) is 0 Å². The van der Waals surface area contributed by atoms with Gasteiger partial charge in [-0.15, -0.1) is 0 Å². The van der Waals surface area contributed by atoms with Gasteiger partial charge in [-0.2, -0.15) is 0 Å². The molecule has 0 saturated heterocycles. The lowest BCUT2D eigenvalue weighted by Crippen LogP contribution is -2.23. The van der Waals surface area contributed by atoms with Gasteiger partial charge in [0.15, 0.2) is 5.78 Å². The second-order valence-corrected chi connectivity index (χ2v) is 4.42. The Balaban J connectivity index is 2.61. The Bertz CT molecular complexity index is 626. The Morgan fingerprint density at radius 3 is 2.67 bits per heavy atom. The Morgan fingerprint density at radius 2 is 2.06 bits per heavy atom. The summed E-state index contributed by atoms with van der Waals surface area (Å²) < 4.78 is 1.81. The van der Waals surface area contributed by atoms with Gasteiger partial charge in [0, 0.05) is 29.7 Å². The van der Waals surface area contributed by atoms with Crippen molar-refractivity contribution in [2.45, 2.75) is 20.4 Å². The topological polar surface area (TPSA) is 51.1 Å². The van der Waals surface area contributed by atoms with Crippen LogP contribution in [-0.4, -0.2) is 23.3 Å². The highest BCUT2D eigenvalue weighted by Gasteiger charge is 2.13. The molecule has 0 bridgehead atoms. The van der Waals surface area contributed by atoms with Gasteiger partial charge in [-0.3, -0.25) is 9.59 Å². The van der Waals surface area contributed by atoms with Gasteiger partial charge in [-0.05, 0) is 26.0 Å². The Kier molecular flexibility index (Phi) is 3.19. The van der Waals surface area contributed by atoms with E-state index in [4.69, 9.17) is 0 Å². The molecule has 0 saturated carbocycles. The van der Waals surface area contributed by atoms with E-state index in [2.05, 4.69) is 5.32 Å². The minimum absolute atomic E-state index is 0.0151. The fourth-order valence-electron chi connectivity index (χ4n) is 2.06. The molecule has 94 valence electrons. The third-order valence-corrected chi connectivity index (χ3v) is 3.01. The van der Waals surface area contributed by atoms with E-state index in [-0.39, 0.29) is 18.2 Å². The normalized spacial score (nSPS) is 10.6. The lowest BCUT2D eigenvalue weighted by molar-refractivity contribution is -0.121. The minimum Gasteiger partial charge on any atom is -0.358 e. The monoisotopic (exact) mass is 244 g/mol. The number of carbonyl (C=O) groups excluding carboxylic acids is 2. The van der Waals surface area contributed by atoms with Crippen molar-refractivity contribution < 1.29 is 9.59 Å². The first kappa shape index (κ1) is 12.4. The fraction of sp³-hybridized carbons (Fsp3) is 0.286. The number of Topliss-reactive ketones (excluding diaryl/α,β-unsaturated/α-hetero) is 1. The van der Waals surface area contributed by atoms with Crippen molar-refractivity contribution in [2.24, 2.45) is 0 Å². The van der Waals surface area contributed by atoms with E-state index in [1.807, 2.05) is 29.7 Å². The number of hydrogen-bond acceptors (Lipinski definition) is 2. The third-order valence-electron chi connectivity index (χ3n) is 3.01. The molecule has 0 radical (unpaired) electrons. The number of aryl methyl sites for hydroxylation is 1. The van der Waals surface area contributed by atoms with Crippen molar-refractivity contribution in [1.29, 1.82) is 0 Å². The molecule has 1 N–H and O–H groups in total. The first-order valence-electron chi connectivity index (χ1n) is 5.84. The Hall–Kier alpha value is -2.10. The summed E-state index contributed by atoms with van der Waals surface area (Å²) in [7, 11) is 1.60. The molecular formula is C14H16N2O2. The molecular weight excluding hydrogens is 228 g/mol. The second-order valence-electron chi connectivity index (χ2n) is 4.42. The number of aromatic nitrogens is 1. The van der Waals surface area contributed by atoms with Gasteiger partial charge in [0.1, 0.15) is 6.54 Å². The molecule has 0 aliphatic carbocycles. The van der Waals surface area contributed by atoms with Crippen molar-refractivity contribution in [3.63, 3.8) is 0 Å². The molecule has 4 nitrogen and oxygen atoms in total. The van der Waals surface area contributed by atoms with Crippen molar-refractivity contribution in [3.8, 4) is 0 Å². The van der Waals surface area contributed by atoms with Gasteiger partial charge in [-0.25, -0.2) is 0 Å². The van der Waals surface area contributed by atoms with E-state index >= 15 is 0 Å². The quantitative estimate of drug-likeness (QED) is 0.838. The molecule has 0 unspecified atom stereocenters. The lowest BCUT2D eigenvalue weighted by Gasteiger charge is -2.03. The van der Waals surface area contributed by atoms with E-state index < -0.39 is 0 Å². The average Bonchev–Trinajstić information content (AvgIpc) is 2.67. The van der Waals surface area contributed by atoms with Gasteiger partial charge < -0.3 is 9.88 Å². The molecule has 0 spiro atoms. The largest absolute Gasteiger partial charge is 0.358 e. The molecule has 2 aromatic rings. The van der Waals surface area contributed by atoms with Crippen LogP contribution >= 0.6 is 0 Å². The zero-order valence-corrected chi connectivity index (χ0v) is 10.8. The van der Waals surface area contributed by atoms with E-state index in [1.165, 1.54) is 0 Å². The predicted octanol–water partition coefficient (Wildman–Crippen LogP) is 1.90. The van der Waals surface area contributed by atoms with Gasteiger partial charge in [0.25, 0.3) is 0 Å². The van der Waals surface area contributed by atoms with Crippen LogP contribution in [0.1, 0.15) is 22.8 Å². The van der Waals surface area contributed by atoms with Crippen LogP contribution in [0.15, 0.2) is 24.4 Å². The zero-order chi connectivity index (χ0) is 13.3. The number of ketones is 1. The summed E-state index contributed by atoms with van der Waals surface area (Å²) in [5.41, 5.74) is 2.68. The lowest BCUT2D eigenvalue weighted by atomic mass is 10.1. The molecule has 1 aromatic carbocycles. The smallest absolute Gasteiger partial charge is 0.239 e. The summed E-state index contributed by atoms with van der Waals surface area (Å²) >= 11 is 0. The molecule has 2 rings (SSSR count). The standard InChI is InChI=1S/C14H16N2O2/c1-9-4-5-13-11(6-9)12(10(2)17)7-16(13)8-14(18)15-3/h4-7H,8H2,1-3H3,(H,15,18). The number of nitrogens with zero attached hydrogens (tertiary/aromatic N) is 1. The molecule has 0 fully saturated rings. The summed E-state index contributed by atoms with van der Waals surface area (Å²) in [4.78, 5) is 23.1. The zero-order valence-electron chi connectivity index (χ0n) is 10.8. The summed E-state index contributed by atoms with van der Waals surface area (Å²) in [6.45, 7) is 3.75. The van der Waals surface area contributed by atoms with Gasteiger partial charge in [0.2, 0.25) is 5.91 Å². The molecule has 4 heteroatoms. The number of carbonyl (C=O) groups is 2. The summed E-state index contributed by atoms with van der Waals surface area (Å²) in [6, 6.07) is 5.90. The summed E-state index contributed by atoms with van der Waals surface area (Å²) in [6.07, 6.45) is 1.75. The van der Waals surface area contributed by atoms with Crippen molar-refractivity contribution in [2.75, 3.05) is 7.05 Å². The first-order chi connectivity index (χ1) is 8.52. The van der Waals surface area contributed by atoms with E-state index in [1.54, 1.807) is 20.2 Å². The number of nitrogens with one attached hydrogen (secondary N) is 1. The van der Waals surface area contributed by atoms with Gasteiger partial charge in [0.05, 0.1) is 0 Å².